The van der Waals surface area contributed by atoms with Gasteiger partial charge in [0.15, 0.2) is 0 Å². The van der Waals surface area contributed by atoms with E-state index in [1.807, 2.05) is 19.9 Å². The first-order valence-electron chi connectivity index (χ1n) is 7.39. The molecule has 2 amide bonds. The Bertz CT molecular complexity index is 775. The summed E-state index contributed by atoms with van der Waals surface area (Å²) in [4.78, 5) is 24.0. The van der Waals surface area contributed by atoms with Gasteiger partial charge < -0.3 is 15.4 Å². The first-order valence-corrected chi connectivity index (χ1v) is 7.77. The number of hydrogen-bond acceptors (Lipinski definition) is 3. The van der Waals surface area contributed by atoms with Gasteiger partial charge in [-0.05, 0) is 55.3 Å². The Morgan fingerprint density at radius 1 is 1.08 bits per heavy atom. The molecule has 2 rings (SSSR count). The van der Waals surface area contributed by atoms with Gasteiger partial charge in [0.1, 0.15) is 5.75 Å². The maximum Gasteiger partial charge on any atom is 0.251 e. The molecule has 126 valence electrons. The molecule has 24 heavy (non-hydrogen) atoms. The van der Waals surface area contributed by atoms with Crippen molar-refractivity contribution in [1.82, 2.24) is 5.32 Å². The van der Waals surface area contributed by atoms with Crippen LogP contribution in [0.4, 0.5) is 5.69 Å². The number of benzene rings is 2. The summed E-state index contributed by atoms with van der Waals surface area (Å²) >= 11 is 6.00. The van der Waals surface area contributed by atoms with Crippen molar-refractivity contribution in [3.8, 4) is 5.75 Å². The van der Waals surface area contributed by atoms with Crippen LogP contribution in [-0.4, -0.2) is 25.5 Å². The molecule has 0 aromatic heterocycles. The van der Waals surface area contributed by atoms with Crippen LogP contribution in [-0.2, 0) is 4.79 Å². The highest BCUT2D eigenvalue weighted by Gasteiger charge is 2.10. The summed E-state index contributed by atoms with van der Waals surface area (Å²) in [5.41, 5.74) is 3.20. The molecule has 5 nitrogen and oxygen atoms in total. The molecule has 0 aliphatic rings. The number of nitrogens with one attached hydrogen (secondary N) is 2. The van der Waals surface area contributed by atoms with E-state index in [1.165, 1.54) is 7.11 Å². The summed E-state index contributed by atoms with van der Waals surface area (Å²) in [6.45, 7) is 3.78. The molecule has 0 bridgehead atoms. The van der Waals surface area contributed by atoms with E-state index in [2.05, 4.69) is 10.6 Å². The molecule has 0 heterocycles. The summed E-state index contributed by atoms with van der Waals surface area (Å²) < 4.78 is 5.05. The lowest BCUT2D eigenvalue weighted by Gasteiger charge is -2.09. The van der Waals surface area contributed by atoms with Crippen molar-refractivity contribution in [3.05, 3.63) is 58.1 Å². The van der Waals surface area contributed by atoms with Gasteiger partial charge in [-0.3, -0.25) is 9.59 Å². The molecule has 0 atom stereocenters. The number of halogens is 1. The summed E-state index contributed by atoms with van der Waals surface area (Å²) in [6, 6.07) is 10.3. The maximum atomic E-state index is 12.1. The van der Waals surface area contributed by atoms with Crippen LogP contribution in [0.25, 0.3) is 0 Å². The minimum atomic E-state index is -0.339. The number of carbonyl (C=O) groups is 2. The summed E-state index contributed by atoms with van der Waals surface area (Å²) in [7, 11) is 1.52. The van der Waals surface area contributed by atoms with Crippen LogP contribution < -0.4 is 15.4 Å². The van der Waals surface area contributed by atoms with E-state index in [4.69, 9.17) is 16.3 Å². The van der Waals surface area contributed by atoms with Crippen LogP contribution in [0.5, 0.6) is 5.75 Å². The highest BCUT2D eigenvalue weighted by atomic mass is 35.5. The quantitative estimate of drug-likeness (QED) is 0.872. The van der Waals surface area contributed by atoms with Gasteiger partial charge in [-0.2, -0.15) is 0 Å². The van der Waals surface area contributed by atoms with Gasteiger partial charge in [0.25, 0.3) is 5.91 Å². The number of anilines is 1. The van der Waals surface area contributed by atoms with Gasteiger partial charge >= 0.3 is 0 Å². The standard InChI is InChI=1S/C18H19ClN2O3/c1-11-4-5-13(8-12(11)2)18(23)20-10-17(22)21-14-6-7-16(24-3)15(19)9-14/h4-9H,10H2,1-3H3,(H,20,23)(H,21,22). The largest absolute Gasteiger partial charge is 0.495 e. The molecular formula is C18H19ClN2O3. The fraction of sp³-hybridized carbons (Fsp3) is 0.222. The monoisotopic (exact) mass is 346 g/mol. The third-order valence-corrected chi connectivity index (χ3v) is 3.91. The first-order chi connectivity index (χ1) is 11.4. The van der Waals surface area contributed by atoms with Gasteiger partial charge in [0, 0.05) is 11.3 Å². The minimum Gasteiger partial charge on any atom is -0.495 e. The van der Waals surface area contributed by atoms with Crippen LogP contribution in [0.15, 0.2) is 36.4 Å². The normalized spacial score (nSPS) is 10.2. The third-order valence-electron chi connectivity index (χ3n) is 3.61. The van der Waals surface area contributed by atoms with Crippen LogP contribution in [0.3, 0.4) is 0 Å². The van der Waals surface area contributed by atoms with Gasteiger partial charge in [-0.1, -0.05) is 17.7 Å². The van der Waals surface area contributed by atoms with Crippen molar-refractivity contribution in [2.45, 2.75) is 13.8 Å². The van der Waals surface area contributed by atoms with Gasteiger partial charge in [0.2, 0.25) is 5.91 Å². The predicted octanol–water partition coefficient (Wildman–Crippen LogP) is 3.33. The van der Waals surface area contributed by atoms with Crippen molar-refractivity contribution in [3.63, 3.8) is 0 Å². The average molecular weight is 347 g/mol. The molecule has 0 aliphatic carbocycles. The van der Waals surface area contributed by atoms with E-state index in [-0.39, 0.29) is 18.4 Å². The Morgan fingerprint density at radius 2 is 1.83 bits per heavy atom. The molecule has 2 aromatic rings. The lowest BCUT2D eigenvalue weighted by Crippen LogP contribution is -2.32. The molecule has 0 aliphatic heterocycles. The number of aryl methyl sites for hydroxylation is 2. The fourth-order valence-corrected chi connectivity index (χ4v) is 2.35. The lowest BCUT2D eigenvalue weighted by molar-refractivity contribution is -0.115. The van der Waals surface area contributed by atoms with Crippen LogP contribution >= 0.6 is 11.6 Å². The van der Waals surface area contributed by atoms with Gasteiger partial charge in [-0.25, -0.2) is 0 Å². The molecule has 0 radical (unpaired) electrons. The van der Waals surface area contributed by atoms with Crippen LogP contribution in [0, 0.1) is 13.8 Å². The van der Waals surface area contributed by atoms with Gasteiger partial charge in [-0.15, -0.1) is 0 Å². The molecule has 0 spiro atoms. The second kappa shape index (κ2) is 7.84. The van der Waals surface area contributed by atoms with Crippen molar-refractivity contribution in [1.29, 1.82) is 0 Å². The van der Waals surface area contributed by atoms with E-state index in [0.717, 1.165) is 11.1 Å². The minimum absolute atomic E-state index is 0.130. The lowest BCUT2D eigenvalue weighted by atomic mass is 10.1. The highest BCUT2D eigenvalue weighted by Crippen LogP contribution is 2.27. The highest BCUT2D eigenvalue weighted by molar-refractivity contribution is 6.32. The number of ether oxygens (including phenoxy) is 1. The molecular weight excluding hydrogens is 328 g/mol. The predicted molar refractivity (Wildman–Crippen MR) is 94.9 cm³/mol. The zero-order chi connectivity index (χ0) is 17.7. The molecule has 0 saturated carbocycles. The smallest absolute Gasteiger partial charge is 0.251 e. The van der Waals surface area contributed by atoms with E-state index in [0.29, 0.717) is 22.0 Å². The molecule has 0 saturated heterocycles. The van der Waals surface area contributed by atoms with E-state index in [9.17, 15) is 9.59 Å². The van der Waals surface area contributed by atoms with Crippen molar-refractivity contribution < 1.29 is 14.3 Å². The van der Waals surface area contributed by atoms with Crippen LogP contribution in [0.1, 0.15) is 21.5 Å². The first kappa shape index (κ1) is 17.8. The Hall–Kier alpha value is -2.53. The molecule has 2 aromatic carbocycles. The number of methoxy groups -OCH3 is 1. The van der Waals surface area contributed by atoms with Crippen molar-refractivity contribution in [2.24, 2.45) is 0 Å². The summed E-state index contributed by atoms with van der Waals surface area (Å²) in [5.74, 6) is -0.105. The van der Waals surface area contributed by atoms with Crippen molar-refractivity contribution in [2.75, 3.05) is 19.0 Å². The summed E-state index contributed by atoms with van der Waals surface area (Å²) in [6.07, 6.45) is 0. The Labute approximate surface area is 146 Å². The number of amides is 2. The third kappa shape index (κ3) is 4.49. The molecule has 2 N–H and O–H groups in total. The Kier molecular flexibility index (Phi) is 5.82. The zero-order valence-corrected chi connectivity index (χ0v) is 14.5. The Balaban J connectivity index is 1.91. The SMILES string of the molecule is COc1ccc(NC(=O)CNC(=O)c2ccc(C)c(C)c2)cc1Cl. The molecule has 6 heteroatoms. The average Bonchev–Trinajstić information content (AvgIpc) is 2.55. The summed E-state index contributed by atoms with van der Waals surface area (Å²) in [5, 5.41) is 5.66. The topological polar surface area (TPSA) is 67.4 Å². The van der Waals surface area contributed by atoms with E-state index < -0.39 is 0 Å². The number of hydrogen-bond donors (Lipinski definition) is 2. The van der Waals surface area contributed by atoms with Crippen LogP contribution in [0.2, 0.25) is 5.02 Å². The second-order valence-corrected chi connectivity index (χ2v) is 5.79. The van der Waals surface area contributed by atoms with Crippen molar-refractivity contribution >= 4 is 29.1 Å². The zero-order valence-electron chi connectivity index (χ0n) is 13.8. The molecule has 0 unspecified atom stereocenters. The fourth-order valence-electron chi connectivity index (χ4n) is 2.09. The number of rotatable bonds is 5. The molecule has 0 fully saturated rings. The van der Waals surface area contributed by atoms with Gasteiger partial charge in [0.05, 0.1) is 18.7 Å². The van der Waals surface area contributed by atoms with E-state index >= 15 is 0 Å². The van der Waals surface area contributed by atoms with E-state index in [1.54, 1.807) is 30.3 Å². The second-order valence-electron chi connectivity index (χ2n) is 5.38. The number of carbonyl (C=O) groups excluding carboxylic acids is 2. The maximum absolute atomic E-state index is 12.1. The Morgan fingerprint density at radius 3 is 2.46 bits per heavy atom.